The molecule has 1 aromatic carbocycles. The summed E-state index contributed by atoms with van der Waals surface area (Å²) >= 11 is 0. The minimum Gasteiger partial charge on any atom is -0.323 e. The van der Waals surface area contributed by atoms with Crippen LogP contribution < -0.4 is 5.32 Å². The summed E-state index contributed by atoms with van der Waals surface area (Å²) in [6, 6.07) is 2.97. The highest BCUT2D eigenvalue weighted by Crippen LogP contribution is 2.41. The Bertz CT molecular complexity index is 1080. The van der Waals surface area contributed by atoms with Crippen LogP contribution in [-0.4, -0.2) is 50.6 Å². The average molecular weight is 432 g/mol. The maximum atomic E-state index is 14.7. The van der Waals surface area contributed by atoms with Gasteiger partial charge in [0.25, 0.3) is 5.91 Å². The molecule has 162 valence electrons. The molecule has 2 aliphatic rings. The molecule has 0 unspecified atom stereocenters. The number of amides is 3. The molecule has 1 aromatic heterocycles. The van der Waals surface area contributed by atoms with Gasteiger partial charge in [-0.1, -0.05) is 6.07 Å². The Balaban J connectivity index is 1.51. The van der Waals surface area contributed by atoms with Crippen LogP contribution in [0.4, 0.5) is 18.0 Å². The largest absolute Gasteiger partial charge is 0.325 e. The summed E-state index contributed by atoms with van der Waals surface area (Å²) in [7, 11) is 0. The second kappa shape index (κ2) is 7.44. The molecule has 0 bridgehead atoms. The number of carbonyl (C=O) groups excluding carboxylic acids is 3. The summed E-state index contributed by atoms with van der Waals surface area (Å²) in [5, 5.41) is 2.47. The number of aromatic nitrogens is 2. The molecular formula is C21H19F3N4O3. The number of nitrogens with one attached hydrogen (secondary N) is 1. The van der Waals surface area contributed by atoms with E-state index in [2.05, 4.69) is 15.3 Å². The normalized spacial score (nSPS) is 19.5. The Kier molecular flexibility index (Phi) is 5.03. The number of hydrogen-bond acceptors (Lipinski definition) is 5. The average Bonchev–Trinajstić information content (AvgIpc) is 2.95. The first-order valence-electron chi connectivity index (χ1n) is 9.75. The Morgan fingerprint density at radius 2 is 1.81 bits per heavy atom. The minimum atomic E-state index is -2.87. The van der Waals surface area contributed by atoms with E-state index in [4.69, 9.17) is 0 Å². The number of aryl methyl sites for hydroxylation is 1. The van der Waals surface area contributed by atoms with Crippen LogP contribution in [0.15, 0.2) is 30.6 Å². The van der Waals surface area contributed by atoms with Crippen molar-refractivity contribution in [2.45, 2.75) is 44.1 Å². The van der Waals surface area contributed by atoms with Gasteiger partial charge in [-0.15, -0.1) is 0 Å². The highest BCUT2D eigenvalue weighted by atomic mass is 19.3. The molecule has 2 aromatic rings. The van der Waals surface area contributed by atoms with Crippen molar-refractivity contribution in [3.63, 3.8) is 0 Å². The van der Waals surface area contributed by atoms with Crippen molar-refractivity contribution in [2.24, 2.45) is 0 Å². The zero-order chi connectivity index (χ0) is 22.4. The van der Waals surface area contributed by atoms with Gasteiger partial charge in [-0.25, -0.2) is 18.0 Å². The molecule has 2 heterocycles. The molecular weight excluding hydrogens is 413 g/mol. The number of hydrogen-bond donors (Lipinski definition) is 1. The van der Waals surface area contributed by atoms with E-state index in [-0.39, 0.29) is 24.0 Å². The summed E-state index contributed by atoms with van der Waals surface area (Å²) in [6.07, 6.45) is 1.47. The van der Waals surface area contributed by atoms with Crippen LogP contribution in [0, 0.1) is 12.7 Å². The minimum absolute atomic E-state index is 0.0282. The van der Waals surface area contributed by atoms with Crippen LogP contribution >= 0.6 is 0 Å². The number of halogens is 3. The lowest BCUT2D eigenvalue weighted by Gasteiger charge is -2.34. The zero-order valence-corrected chi connectivity index (χ0v) is 16.6. The fourth-order valence-electron chi connectivity index (χ4n) is 3.99. The van der Waals surface area contributed by atoms with Gasteiger partial charge in [0.2, 0.25) is 5.92 Å². The molecule has 3 amide bonds. The van der Waals surface area contributed by atoms with E-state index in [1.807, 2.05) is 0 Å². The van der Waals surface area contributed by atoms with E-state index in [0.717, 1.165) is 6.07 Å². The lowest BCUT2D eigenvalue weighted by atomic mass is 9.80. The molecule has 4 rings (SSSR count). The topological polar surface area (TPSA) is 92.3 Å². The molecule has 1 saturated heterocycles. The Morgan fingerprint density at radius 1 is 1.13 bits per heavy atom. The van der Waals surface area contributed by atoms with Gasteiger partial charge in [0.05, 0.1) is 17.9 Å². The SMILES string of the molecule is Cc1nccnc1-c1ccc(C(=O)CN2C(=O)NC3(CCC(F)(F)CC3)C2=O)cc1F. The number of imide groups is 1. The third-order valence-corrected chi connectivity index (χ3v) is 5.81. The van der Waals surface area contributed by atoms with Crippen LogP contribution in [0.25, 0.3) is 11.3 Å². The summed E-state index contributed by atoms with van der Waals surface area (Å²) in [4.78, 5) is 46.6. The lowest BCUT2D eigenvalue weighted by Crippen LogP contribution is -2.51. The molecule has 0 atom stereocenters. The number of benzene rings is 1. The maximum Gasteiger partial charge on any atom is 0.325 e. The van der Waals surface area contributed by atoms with Gasteiger partial charge in [0.1, 0.15) is 11.4 Å². The van der Waals surface area contributed by atoms with Crippen LogP contribution in [0.1, 0.15) is 41.7 Å². The summed E-state index contributed by atoms with van der Waals surface area (Å²) in [5.74, 6) is -4.92. The molecule has 10 heteroatoms. The van der Waals surface area contributed by atoms with Crippen LogP contribution in [-0.2, 0) is 4.79 Å². The smallest absolute Gasteiger partial charge is 0.323 e. The van der Waals surface area contributed by atoms with E-state index in [0.29, 0.717) is 16.3 Å². The molecule has 1 saturated carbocycles. The molecule has 0 radical (unpaired) electrons. The number of carbonyl (C=O) groups is 3. The quantitative estimate of drug-likeness (QED) is 0.591. The van der Waals surface area contributed by atoms with Crippen molar-refractivity contribution >= 4 is 17.7 Å². The lowest BCUT2D eigenvalue weighted by molar-refractivity contribution is -0.135. The van der Waals surface area contributed by atoms with Gasteiger partial charge in [0.15, 0.2) is 5.78 Å². The molecule has 1 aliphatic heterocycles. The molecule has 1 spiro atoms. The van der Waals surface area contributed by atoms with Gasteiger partial charge in [-0.05, 0) is 31.9 Å². The van der Waals surface area contributed by atoms with E-state index in [1.165, 1.54) is 24.5 Å². The van der Waals surface area contributed by atoms with Crippen molar-refractivity contribution in [1.29, 1.82) is 0 Å². The van der Waals surface area contributed by atoms with Crippen LogP contribution in [0.3, 0.4) is 0 Å². The number of alkyl halides is 2. The molecule has 31 heavy (non-hydrogen) atoms. The van der Waals surface area contributed by atoms with Crippen molar-refractivity contribution in [1.82, 2.24) is 20.2 Å². The summed E-state index contributed by atoms with van der Waals surface area (Å²) in [5.41, 5.74) is -0.413. The number of rotatable bonds is 4. The number of urea groups is 1. The van der Waals surface area contributed by atoms with Gasteiger partial charge >= 0.3 is 6.03 Å². The Labute approximate surface area is 175 Å². The third-order valence-electron chi connectivity index (χ3n) is 5.81. The monoisotopic (exact) mass is 432 g/mol. The summed E-state index contributed by atoms with van der Waals surface area (Å²) in [6.45, 7) is 1.07. The third kappa shape index (κ3) is 3.77. The Hall–Kier alpha value is -3.30. The number of ketones is 1. The fraction of sp³-hybridized carbons (Fsp3) is 0.381. The van der Waals surface area contributed by atoms with Crippen molar-refractivity contribution in [2.75, 3.05) is 6.54 Å². The maximum absolute atomic E-state index is 14.7. The van der Waals surface area contributed by atoms with Crippen LogP contribution in [0.2, 0.25) is 0 Å². The molecule has 1 N–H and O–H groups in total. The Morgan fingerprint density at radius 3 is 2.45 bits per heavy atom. The second-order valence-electron chi connectivity index (χ2n) is 7.87. The molecule has 2 fully saturated rings. The van der Waals surface area contributed by atoms with E-state index >= 15 is 0 Å². The van der Waals surface area contributed by atoms with E-state index in [1.54, 1.807) is 6.92 Å². The molecule has 1 aliphatic carbocycles. The van der Waals surface area contributed by atoms with Crippen molar-refractivity contribution < 1.29 is 27.6 Å². The zero-order valence-electron chi connectivity index (χ0n) is 16.6. The highest BCUT2D eigenvalue weighted by Gasteiger charge is 2.55. The predicted molar refractivity (Wildman–Crippen MR) is 103 cm³/mol. The van der Waals surface area contributed by atoms with Gasteiger partial charge in [0, 0.05) is 36.4 Å². The predicted octanol–water partition coefficient (Wildman–Crippen LogP) is 3.27. The summed E-state index contributed by atoms with van der Waals surface area (Å²) < 4.78 is 41.6. The van der Waals surface area contributed by atoms with Crippen molar-refractivity contribution in [3.05, 3.63) is 47.7 Å². The first-order valence-corrected chi connectivity index (χ1v) is 9.75. The van der Waals surface area contributed by atoms with Crippen LogP contribution in [0.5, 0.6) is 0 Å². The van der Waals surface area contributed by atoms with E-state index < -0.39 is 54.4 Å². The fourth-order valence-corrected chi connectivity index (χ4v) is 3.99. The second-order valence-corrected chi connectivity index (χ2v) is 7.87. The van der Waals surface area contributed by atoms with Gasteiger partial charge in [-0.2, -0.15) is 0 Å². The van der Waals surface area contributed by atoms with Crippen molar-refractivity contribution in [3.8, 4) is 11.3 Å². The highest BCUT2D eigenvalue weighted by molar-refractivity contribution is 6.11. The van der Waals surface area contributed by atoms with E-state index in [9.17, 15) is 27.6 Å². The first kappa shape index (κ1) is 21.0. The van der Waals surface area contributed by atoms with Gasteiger partial charge in [-0.3, -0.25) is 24.5 Å². The number of nitrogens with zero attached hydrogens (tertiary/aromatic N) is 3. The molecule has 7 nitrogen and oxygen atoms in total. The van der Waals surface area contributed by atoms with Gasteiger partial charge < -0.3 is 5.32 Å². The standard InChI is InChI=1S/C21H19F3N4O3/c1-12-17(26-9-8-25-12)14-3-2-13(10-15(14)22)16(29)11-28-18(30)20(27-19(28)31)4-6-21(23,24)7-5-20/h2-3,8-10H,4-7,11H2,1H3,(H,27,31). The number of Topliss-reactive ketones (excluding diaryl/α,β-unsaturated/α-hetero) is 1. The first-order chi connectivity index (χ1) is 14.6.